The molecular formula is C16H22N6O2. The highest BCUT2D eigenvalue weighted by Crippen LogP contribution is 2.24. The summed E-state index contributed by atoms with van der Waals surface area (Å²) in [5.41, 5.74) is 0.986. The lowest BCUT2D eigenvalue weighted by Crippen LogP contribution is -2.52. The molecule has 1 atom stereocenters. The zero-order valence-corrected chi connectivity index (χ0v) is 14.0. The molecule has 1 N–H and O–H groups in total. The van der Waals surface area contributed by atoms with Crippen LogP contribution in [-0.2, 0) is 13.0 Å². The molecule has 3 heterocycles. The van der Waals surface area contributed by atoms with E-state index in [0.29, 0.717) is 42.9 Å². The van der Waals surface area contributed by atoms with Gasteiger partial charge in [-0.2, -0.15) is 10.2 Å². The topological polar surface area (TPSA) is 97.0 Å². The molecule has 8 nitrogen and oxygen atoms in total. The van der Waals surface area contributed by atoms with Crippen molar-refractivity contribution in [3.63, 3.8) is 0 Å². The van der Waals surface area contributed by atoms with Crippen LogP contribution in [0.3, 0.4) is 0 Å². The zero-order chi connectivity index (χ0) is 17.2. The van der Waals surface area contributed by atoms with E-state index in [-0.39, 0.29) is 12.5 Å². The fourth-order valence-electron chi connectivity index (χ4n) is 3.16. The SMILES string of the molecule is CCc1nnc(C)cc1C(=O)N1CCCC(O)(Cn2ccnn2)C1. The van der Waals surface area contributed by atoms with Crippen LogP contribution in [0.25, 0.3) is 0 Å². The Labute approximate surface area is 140 Å². The third kappa shape index (κ3) is 3.43. The van der Waals surface area contributed by atoms with Crippen molar-refractivity contribution in [2.24, 2.45) is 0 Å². The molecule has 0 aliphatic carbocycles. The summed E-state index contributed by atoms with van der Waals surface area (Å²) in [7, 11) is 0. The first-order valence-corrected chi connectivity index (χ1v) is 8.20. The molecule has 3 rings (SSSR count). The maximum atomic E-state index is 12.9. The molecule has 1 saturated heterocycles. The second-order valence-electron chi connectivity index (χ2n) is 6.35. The van der Waals surface area contributed by atoms with E-state index >= 15 is 0 Å². The van der Waals surface area contributed by atoms with E-state index in [1.165, 1.54) is 0 Å². The monoisotopic (exact) mass is 330 g/mol. The van der Waals surface area contributed by atoms with Gasteiger partial charge in [0.05, 0.1) is 36.2 Å². The van der Waals surface area contributed by atoms with Crippen LogP contribution < -0.4 is 0 Å². The van der Waals surface area contributed by atoms with E-state index < -0.39 is 5.60 Å². The fraction of sp³-hybridized carbons (Fsp3) is 0.562. The predicted molar refractivity (Wildman–Crippen MR) is 86.3 cm³/mol. The molecule has 2 aromatic rings. The number of carbonyl (C=O) groups excluding carboxylic acids is 1. The smallest absolute Gasteiger partial charge is 0.255 e. The molecule has 24 heavy (non-hydrogen) atoms. The predicted octanol–water partition coefficient (Wildman–Crippen LogP) is 0.606. The van der Waals surface area contributed by atoms with Crippen molar-refractivity contribution < 1.29 is 9.90 Å². The summed E-state index contributed by atoms with van der Waals surface area (Å²) in [5.74, 6) is -0.0958. The molecule has 0 radical (unpaired) electrons. The van der Waals surface area contributed by atoms with Gasteiger partial charge in [0.1, 0.15) is 5.60 Å². The number of piperidine rings is 1. The number of aryl methyl sites for hydroxylation is 2. The standard InChI is InChI=1S/C16H22N6O2/c1-3-14-13(9-12(2)18-19-14)15(23)21-7-4-5-16(24,10-21)11-22-8-6-17-20-22/h6,8-9,24H,3-5,7,10-11H2,1-2H3. The number of likely N-dealkylation sites (tertiary alicyclic amines) is 1. The maximum Gasteiger partial charge on any atom is 0.255 e. The van der Waals surface area contributed by atoms with Crippen molar-refractivity contribution in [1.29, 1.82) is 0 Å². The van der Waals surface area contributed by atoms with Crippen molar-refractivity contribution in [1.82, 2.24) is 30.1 Å². The van der Waals surface area contributed by atoms with Crippen molar-refractivity contribution in [3.05, 3.63) is 35.4 Å². The van der Waals surface area contributed by atoms with Crippen molar-refractivity contribution in [2.45, 2.75) is 45.3 Å². The Morgan fingerprint density at radius 3 is 2.96 bits per heavy atom. The highest BCUT2D eigenvalue weighted by atomic mass is 16.3. The minimum Gasteiger partial charge on any atom is -0.386 e. The highest BCUT2D eigenvalue weighted by molar-refractivity contribution is 5.95. The molecule has 0 bridgehead atoms. The quantitative estimate of drug-likeness (QED) is 0.882. The van der Waals surface area contributed by atoms with Gasteiger partial charge >= 0.3 is 0 Å². The average molecular weight is 330 g/mol. The van der Waals surface area contributed by atoms with Crippen molar-refractivity contribution in [3.8, 4) is 0 Å². The van der Waals surface area contributed by atoms with Gasteiger partial charge in [-0.3, -0.25) is 4.79 Å². The van der Waals surface area contributed by atoms with E-state index in [9.17, 15) is 9.90 Å². The number of nitrogens with zero attached hydrogens (tertiary/aromatic N) is 6. The normalized spacial score (nSPS) is 21.0. The van der Waals surface area contributed by atoms with Crippen LogP contribution in [0, 0.1) is 6.92 Å². The summed E-state index contributed by atoms with van der Waals surface area (Å²) < 4.78 is 1.60. The van der Waals surface area contributed by atoms with Crippen LogP contribution in [-0.4, -0.2) is 59.8 Å². The second kappa shape index (κ2) is 6.64. The zero-order valence-electron chi connectivity index (χ0n) is 14.0. The van der Waals surface area contributed by atoms with E-state index in [4.69, 9.17) is 0 Å². The maximum absolute atomic E-state index is 12.9. The lowest BCUT2D eigenvalue weighted by atomic mass is 9.92. The lowest BCUT2D eigenvalue weighted by molar-refractivity contribution is -0.0387. The van der Waals surface area contributed by atoms with Crippen LogP contribution in [0.15, 0.2) is 18.5 Å². The van der Waals surface area contributed by atoms with Gasteiger partial charge in [-0.1, -0.05) is 12.1 Å². The summed E-state index contributed by atoms with van der Waals surface area (Å²) >= 11 is 0. The molecule has 2 aromatic heterocycles. The second-order valence-corrected chi connectivity index (χ2v) is 6.35. The average Bonchev–Trinajstić information content (AvgIpc) is 3.06. The summed E-state index contributed by atoms with van der Waals surface area (Å²) in [6.45, 7) is 5.00. The molecule has 1 amide bonds. The minimum absolute atomic E-state index is 0.0958. The number of carbonyl (C=O) groups is 1. The van der Waals surface area contributed by atoms with Gasteiger partial charge in [0, 0.05) is 12.7 Å². The van der Waals surface area contributed by atoms with Gasteiger partial charge < -0.3 is 10.0 Å². The third-order valence-corrected chi connectivity index (χ3v) is 4.33. The first kappa shape index (κ1) is 16.5. The van der Waals surface area contributed by atoms with Gasteiger partial charge in [-0.25, -0.2) is 4.68 Å². The van der Waals surface area contributed by atoms with Crippen molar-refractivity contribution in [2.75, 3.05) is 13.1 Å². The Morgan fingerprint density at radius 1 is 1.42 bits per heavy atom. The van der Waals surface area contributed by atoms with E-state index in [1.54, 1.807) is 28.0 Å². The Morgan fingerprint density at radius 2 is 2.25 bits per heavy atom. The van der Waals surface area contributed by atoms with Crippen LogP contribution in [0.4, 0.5) is 0 Å². The number of β-amino-alcohol motifs (C(OH)–C–C–N with tert-alkyl or cyclic N) is 1. The largest absolute Gasteiger partial charge is 0.386 e. The molecule has 8 heteroatoms. The number of rotatable bonds is 4. The van der Waals surface area contributed by atoms with Gasteiger partial charge in [-0.15, -0.1) is 5.10 Å². The Bertz CT molecular complexity index is 717. The molecule has 0 spiro atoms. The highest BCUT2D eigenvalue weighted by Gasteiger charge is 2.36. The summed E-state index contributed by atoms with van der Waals surface area (Å²) in [5, 5.41) is 26.7. The summed E-state index contributed by atoms with van der Waals surface area (Å²) in [6.07, 6.45) is 5.31. The molecule has 1 aliphatic rings. The Balaban J connectivity index is 1.79. The number of hydrogen-bond acceptors (Lipinski definition) is 6. The van der Waals surface area contributed by atoms with E-state index in [2.05, 4.69) is 20.5 Å². The molecule has 1 unspecified atom stereocenters. The van der Waals surface area contributed by atoms with E-state index in [0.717, 1.165) is 6.42 Å². The Hall–Kier alpha value is -2.35. The first-order chi connectivity index (χ1) is 11.5. The van der Waals surface area contributed by atoms with Gasteiger partial charge in [0.15, 0.2) is 0 Å². The van der Waals surface area contributed by atoms with Crippen LogP contribution in [0.1, 0.15) is 41.5 Å². The van der Waals surface area contributed by atoms with Gasteiger partial charge in [-0.05, 0) is 32.3 Å². The number of aromatic nitrogens is 5. The van der Waals surface area contributed by atoms with Crippen LogP contribution in [0.5, 0.6) is 0 Å². The molecule has 0 saturated carbocycles. The number of aliphatic hydroxyl groups is 1. The summed E-state index contributed by atoms with van der Waals surface area (Å²) in [4.78, 5) is 14.6. The van der Waals surface area contributed by atoms with Crippen molar-refractivity contribution >= 4 is 5.91 Å². The van der Waals surface area contributed by atoms with Crippen LogP contribution in [0.2, 0.25) is 0 Å². The first-order valence-electron chi connectivity index (χ1n) is 8.20. The van der Waals surface area contributed by atoms with Gasteiger partial charge in [0.25, 0.3) is 5.91 Å². The third-order valence-electron chi connectivity index (χ3n) is 4.33. The molecule has 1 aliphatic heterocycles. The number of hydrogen-bond donors (Lipinski definition) is 1. The fourth-order valence-corrected chi connectivity index (χ4v) is 3.16. The Kier molecular flexibility index (Phi) is 4.57. The minimum atomic E-state index is -0.997. The molecule has 0 aromatic carbocycles. The molecule has 128 valence electrons. The molecule has 1 fully saturated rings. The van der Waals surface area contributed by atoms with E-state index in [1.807, 2.05) is 13.8 Å². The lowest BCUT2D eigenvalue weighted by Gasteiger charge is -2.39. The molecular weight excluding hydrogens is 308 g/mol. The van der Waals surface area contributed by atoms with Crippen LogP contribution >= 0.6 is 0 Å². The summed E-state index contributed by atoms with van der Waals surface area (Å²) in [6, 6.07) is 1.78. The van der Waals surface area contributed by atoms with Gasteiger partial charge in [0.2, 0.25) is 0 Å². The number of amides is 1.